The van der Waals surface area contributed by atoms with Crippen molar-refractivity contribution in [3.63, 3.8) is 0 Å². The number of H-pyrrole nitrogens is 1. The van der Waals surface area contributed by atoms with Gasteiger partial charge in [-0.15, -0.1) is 5.10 Å². The van der Waals surface area contributed by atoms with Crippen molar-refractivity contribution in [2.24, 2.45) is 0 Å². The summed E-state index contributed by atoms with van der Waals surface area (Å²) >= 11 is 1.10. The highest BCUT2D eigenvalue weighted by molar-refractivity contribution is 7.99. The normalized spacial score (nSPS) is 10.6. The van der Waals surface area contributed by atoms with Crippen molar-refractivity contribution in [1.29, 1.82) is 0 Å². The molecule has 166 valence electrons. The van der Waals surface area contributed by atoms with E-state index in [1.165, 1.54) is 6.07 Å². The molecule has 0 aliphatic rings. The Morgan fingerprint density at radius 3 is 2.61 bits per heavy atom. The lowest BCUT2D eigenvalue weighted by Gasteiger charge is -2.11. The van der Waals surface area contributed by atoms with E-state index in [9.17, 15) is 14.0 Å². The molecule has 3 N–H and O–H groups in total. The topological polar surface area (TPSA) is 99.8 Å². The van der Waals surface area contributed by atoms with E-state index in [1.54, 1.807) is 48.5 Å². The molecule has 0 bridgehead atoms. The highest BCUT2D eigenvalue weighted by Crippen LogP contribution is 2.22. The lowest BCUT2D eigenvalue weighted by atomic mass is 10.1. The molecule has 4 aromatic rings. The summed E-state index contributed by atoms with van der Waals surface area (Å²) in [5.41, 5.74) is 2.74. The first-order chi connectivity index (χ1) is 16.0. The van der Waals surface area contributed by atoms with Crippen molar-refractivity contribution in [2.75, 3.05) is 16.4 Å². The standard InChI is InChI=1S/C24H20FN5O2S/c1-15-7-6-8-16(13-15)26-23(32)18-10-3-5-12-20(18)27-21(31)14-33-24-28-22(29-30-24)17-9-2-4-11-19(17)25/h2-13H,14H2,1H3,(H,26,32)(H,27,31)(H,28,29,30). The van der Waals surface area contributed by atoms with Crippen LogP contribution in [0.25, 0.3) is 11.4 Å². The predicted molar refractivity (Wildman–Crippen MR) is 127 cm³/mol. The maximum absolute atomic E-state index is 13.9. The monoisotopic (exact) mass is 461 g/mol. The molecule has 2 amide bonds. The Balaban J connectivity index is 1.38. The summed E-state index contributed by atoms with van der Waals surface area (Å²) in [6.07, 6.45) is 0. The molecule has 33 heavy (non-hydrogen) atoms. The summed E-state index contributed by atoms with van der Waals surface area (Å²) in [6, 6.07) is 20.5. The van der Waals surface area contributed by atoms with E-state index in [2.05, 4.69) is 25.8 Å². The molecule has 0 radical (unpaired) electrons. The lowest BCUT2D eigenvalue weighted by Crippen LogP contribution is -2.19. The van der Waals surface area contributed by atoms with Gasteiger partial charge in [-0.05, 0) is 48.9 Å². The van der Waals surface area contributed by atoms with Crippen molar-refractivity contribution in [1.82, 2.24) is 15.2 Å². The highest BCUT2D eigenvalue weighted by Gasteiger charge is 2.15. The fourth-order valence-corrected chi connectivity index (χ4v) is 3.71. The summed E-state index contributed by atoms with van der Waals surface area (Å²) in [4.78, 5) is 29.5. The zero-order valence-corrected chi connectivity index (χ0v) is 18.4. The number of rotatable bonds is 7. The van der Waals surface area contributed by atoms with E-state index < -0.39 is 5.82 Å². The Morgan fingerprint density at radius 2 is 1.79 bits per heavy atom. The van der Waals surface area contributed by atoms with Crippen molar-refractivity contribution in [2.45, 2.75) is 12.1 Å². The van der Waals surface area contributed by atoms with Crippen LogP contribution in [0.15, 0.2) is 78.0 Å². The van der Waals surface area contributed by atoms with Crippen LogP contribution in [0.3, 0.4) is 0 Å². The number of halogens is 1. The third kappa shape index (κ3) is 5.64. The molecule has 0 fully saturated rings. The molecule has 0 saturated heterocycles. The minimum Gasteiger partial charge on any atom is -0.325 e. The fraction of sp³-hybridized carbons (Fsp3) is 0.0833. The number of aryl methyl sites for hydroxylation is 1. The Labute approximate surface area is 193 Å². The second-order valence-electron chi connectivity index (χ2n) is 7.15. The van der Waals surface area contributed by atoms with E-state index in [0.717, 1.165) is 17.3 Å². The average molecular weight is 462 g/mol. The van der Waals surface area contributed by atoms with Crippen LogP contribution in [0.2, 0.25) is 0 Å². The first-order valence-corrected chi connectivity index (χ1v) is 11.0. The first kappa shape index (κ1) is 22.2. The van der Waals surface area contributed by atoms with Crippen LogP contribution < -0.4 is 10.6 Å². The van der Waals surface area contributed by atoms with Gasteiger partial charge >= 0.3 is 0 Å². The molecule has 0 atom stereocenters. The van der Waals surface area contributed by atoms with Gasteiger partial charge in [0.2, 0.25) is 11.1 Å². The smallest absolute Gasteiger partial charge is 0.257 e. The summed E-state index contributed by atoms with van der Waals surface area (Å²) in [5.74, 6) is -0.763. The quantitative estimate of drug-likeness (QED) is 0.340. The van der Waals surface area contributed by atoms with Gasteiger partial charge in [-0.25, -0.2) is 9.37 Å². The maximum atomic E-state index is 13.9. The van der Waals surface area contributed by atoms with E-state index in [0.29, 0.717) is 27.7 Å². The van der Waals surface area contributed by atoms with Crippen molar-refractivity contribution >= 4 is 35.0 Å². The molecule has 1 heterocycles. The van der Waals surface area contributed by atoms with E-state index in [-0.39, 0.29) is 23.4 Å². The second-order valence-corrected chi connectivity index (χ2v) is 8.09. The van der Waals surface area contributed by atoms with E-state index >= 15 is 0 Å². The molecular weight excluding hydrogens is 441 g/mol. The van der Waals surface area contributed by atoms with Gasteiger partial charge in [-0.3, -0.25) is 14.7 Å². The van der Waals surface area contributed by atoms with Gasteiger partial charge in [0.05, 0.1) is 22.6 Å². The molecular formula is C24H20FN5O2S. The molecule has 0 aliphatic heterocycles. The average Bonchev–Trinajstić information content (AvgIpc) is 3.27. The molecule has 0 spiro atoms. The number of nitrogens with zero attached hydrogens (tertiary/aromatic N) is 2. The van der Waals surface area contributed by atoms with Gasteiger partial charge in [0.1, 0.15) is 5.82 Å². The summed E-state index contributed by atoms with van der Waals surface area (Å²) in [7, 11) is 0. The van der Waals surface area contributed by atoms with Crippen LogP contribution in [0, 0.1) is 12.7 Å². The number of aromatic amines is 1. The number of carbonyl (C=O) groups excluding carboxylic acids is 2. The molecule has 9 heteroatoms. The summed E-state index contributed by atoms with van der Waals surface area (Å²) < 4.78 is 13.9. The Morgan fingerprint density at radius 1 is 1.00 bits per heavy atom. The number of carbonyl (C=O) groups is 2. The summed E-state index contributed by atoms with van der Waals surface area (Å²) in [6.45, 7) is 1.94. The van der Waals surface area contributed by atoms with E-state index in [1.807, 2.05) is 25.1 Å². The number of thioether (sulfide) groups is 1. The largest absolute Gasteiger partial charge is 0.325 e. The van der Waals surface area contributed by atoms with Gasteiger partial charge in [0, 0.05) is 5.69 Å². The van der Waals surface area contributed by atoms with Gasteiger partial charge in [0.15, 0.2) is 5.82 Å². The van der Waals surface area contributed by atoms with Crippen LogP contribution in [0.1, 0.15) is 15.9 Å². The molecule has 0 saturated carbocycles. The van der Waals surface area contributed by atoms with Crippen LogP contribution in [0.5, 0.6) is 0 Å². The van der Waals surface area contributed by atoms with E-state index in [4.69, 9.17) is 0 Å². The predicted octanol–water partition coefficient (Wildman–Crippen LogP) is 4.90. The van der Waals surface area contributed by atoms with Gasteiger partial charge in [0.25, 0.3) is 5.91 Å². The third-order valence-corrected chi connectivity index (χ3v) is 5.50. The number of anilines is 2. The molecule has 4 rings (SSSR count). The zero-order valence-electron chi connectivity index (χ0n) is 17.6. The highest BCUT2D eigenvalue weighted by atomic mass is 32.2. The first-order valence-electron chi connectivity index (χ1n) is 10.1. The number of benzene rings is 3. The van der Waals surface area contributed by atoms with Crippen LogP contribution in [0.4, 0.5) is 15.8 Å². The molecule has 0 unspecified atom stereocenters. The number of para-hydroxylation sites is 1. The number of hydrogen-bond donors (Lipinski definition) is 3. The van der Waals surface area contributed by atoms with Crippen molar-refractivity contribution < 1.29 is 14.0 Å². The van der Waals surface area contributed by atoms with Crippen molar-refractivity contribution in [3.05, 3.63) is 89.7 Å². The zero-order chi connectivity index (χ0) is 23.2. The van der Waals surface area contributed by atoms with Crippen LogP contribution in [-0.4, -0.2) is 32.7 Å². The van der Waals surface area contributed by atoms with Crippen LogP contribution >= 0.6 is 11.8 Å². The Kier molecular flexibility index (Phi) is 6.80. The Hall–Kier alpha value is -3.98. The number of hydrogen-bond acceptors (Lipinski definition) is 5. The van der Waals surface area contributed by atoms with Gasteiger partial charge < -0.3 is 10.6 Å². The minimum atomic E-state index is -0.413. The molecule has 1 aromatic heterocycles. The lowest BCUT2D eigenvalue weighted by molar-refractivity contribution is -0.113. The van der Waals surface area contributed by atoms with Gasteiger partial charge in [-0.1, -0.05) is 48.2 Å². The molecule has 7 nitrogen and oxygen atoms in total. The second kappa shape index (κ2) is 10.1. The Bertz CT molecular complexity index is 1310. The maximum Gasteiger partial charge on any atom is 0.257 e. The number of nitrogens with one attached hydrogen (secondary N) is 3. The minimum absolute atomic E-state index is 0.0163. The number of aromatic nitrogens is 3. The fourth-order valence-electron chi connectivity index (χ4n) is 3.11. The summed E-state index contributed by atoms with van der Waals surface area (Å²) in [5, 5.41) is 12.6. The number of amides is 2. The van der Waals surface area contributed by atoms with Crippen molar-refractivity contribution in [3.8, 4) is 11.4 Å². The van der Waals surface area contributed by atoms with Gasteiger partial charge in [-0.2, -0.15) is 0 Å². The van der Waals surface area contributed by atoms with Crippen LogP contribution in [-0.2, 0) is 4.79 Å². The SMILES string of the molecule is Cc1cccc(NC(=O)c2ccccc2NC(=O)CSc2n[nH]c(-c3ccccc3F)n2)c1. The molecule has 0 aliphatic carbocycles. The third-order valence-electron chi connectivity index (χ3n) is 4.65. The molecule has 3 aromatic carbocycles.